The van der Waals surface area contributed by atoms with Crippen LogP contribution in [0, 0.1) is 0 Å². The highest BCUT2D eigenvalue weighted by atomic mass is 19.4. The first-order valence-electron chi connectivity index (χ1n) is 7.49. The molecule has 1 aromatic carbocycles. The molecule has 7 heteroatoms. The molecule has 0 saturated carbocycles. The van der Waals surface area contributed by atoms with E-state index in [1.165, 1.54) is 24.5 Å². The second-order valence-electron chi connectivity index (χ2n) is 5.45. The molecule has 0 spiro atoms. The van der Waals surface area contributed by atoms with Crippen LogP contribution in [0.15, 0.2) is 42.7 Å². The zero-order valence-electron chi connectivity index (χ0n) is 13.3. The van der Waals surface area contributed by atoms with Crippen molar-refractivity contribution in [1.29, 1.82) is 0 Å². The maximum atomic E-state index is 12.7. The number of halogens is 3. The monoisotopic (exact) mass is 337 g/mol. The Morgan fingerprint density at radius 1 is 1.21 bits per heavy atom. The molecule has 1 unspecified atom stereocenters. The second-order valence-corrected chi connectivity index (χ2v) is 5.45. The van der Waals surface area contributed by atoms with Gasteiger partial charge in [0.2, 0.25) is 0 Å². The van der Waals surface area contributed by atoms with Gasteiger partial charge in [-0.15, -0.1) is 0 Å². The van der Waals surface area contributed by atoms with Crippen LogP contribution in [-0.4, -0.2) is 16.9 Å². The van der Waals surface area contributed by atoms with Crippen molar-refractivity contribution in [1.82, 2.24) is 10.3 Å². The zero-order valence-corrected chi connectivity index (χ0v) is 13.3. The van der Waals surface area contributed by atoms with Gasteiger partial charge in [-0.25, -0.2) is 0 Å². The van der Waals surface area contributed by atoms with E-state index in [2.05, 4.69) is 15.6 Å². The van der Waals surface area contributed by atoms with Crippen molar-refractivity contribution in [3.8, 4) is 0 Å². The quantitative estimate of drug-likeness (QED) is 0.852. The van der Waals surface area contributed by atoms with Crippen LogP contribution < -0.4 is 10.6 Å². The van der Waals surface area contributed by atoms with Crippen molar-refractivity contribution in [2.75, 3.05) is 5.32 Å². The molecule has 0 aliphatic carbocycles. The third kappa shape index (κ3) is 4.71. The van der Waals surface area contributed by atoms with E-state index in [9.17, 15) is 18.0 Å². The zero-order chi connectivity index (χ0) is 17.7. The predicted molar refractivity (Wildman–Crippen MR) is 86.2 cm³/mol. The van der Waals surface area contributed by atoms with E-state index < -0.39 is 11.7 Å². The van der Waals surface area contributed by atoms with Crippen LogP contribution in [0.1, 0.15) is 36.2 Å². The van der Waals surface area contributed by atoms with E-state index >= 15 is 0 Å². The number of hydrogen-bond acceptors (Lipinski definition) is 3. The fraction of sp³-hybridized carbons (Fsp3) is 0.294. The van der Waals surface area contributed by atoms with Crippen LogP contribution in [0.3, 0.4) is 0 Å². The Kier molecular flexibility index (Phi) is 5.43. The Bertz CT molecular complexity index is 716. The van der Waals surface area contributed by atoms with Crippen LogP contribution in [0.25, 0.3) is 0 Å². The lowest BCUT2D eigenvalue weighted by Crippen LogP contribution is -2.31. The SMILES string of the molecule is CCC(C)NC(=O)c1cncc(Nc2cccc(C(F)(F)F)c2)c1. The molecule has 1 amide bonds. The third-order valence-electron chi connectivity index (χ3n) is 3.47. The Balaban J connectivity index is 2.17. The summed E-state index contributed by atoms with van der Waals surface area (Å²) in [5.41, 5.74) is 0.302. The number of nitrogens with one attached hydrogen (secondary N) is 2. The van der Waals surface area contributed by atoms with Gasteiger partial charge in [0.15, 0.2) is 0 Å². The lowest BCUT2D eigenvalue weighted by molar-refractivity contribution is -0.137. The Labute approximate surface area is 138 Å². The summed E-state index contributed by atoms with van der Waals surface area (Å²) >= 11 is 0. The lowest BCUT2D eigenvalue weighted by atomic mass is 10.2. The minimum atomic E-state index is -4.41. The molecule has 0 aliphatic rings. The van der Waals surface area contributed by atoms with Gasteiger partial charge in [-0.2, -0.15) is 13.2 Å². The van der Waals surface area contributed by atoms with Gasteiger partial charge in [-0.3, -0.25) is 9.78 Å². The van der Waals surface area contributed by atoms with Crippen LogP contribution >= 0.6 is 0 Å². The molecule has 2 aromatic rings. The van der Waals surface area contributed by atoms with Crippen molar-refractivity contribution < 1.29 is 18.0 Å². The minimum Gasteiger partial charge on any atom is -0.354 e. The summed E-state index contributed by atoms with van der Waals surface area (Å²) in [4.78, 5) is 16.0. The topological polar surface area (TPSA) is 54.0 Å². The highest BCUT2D eigenvalue weighted by Gasteiger charge is 2.30. The summed E-state index contributed by atoms with van der Waals surface area (Å²) in [6, 6.07) is 6.41. The summed E-state index contributed by atoms with van der Waals surface area (Å²) in [5, 5.41) is 5.65. The molecular formula is C17H18F3N3O. The molecule has 4 nitrogen and oxygen atoms in total. The molecule has 1 aromatic heterocycles. The molecule has 1 atom stereocenters. The summed E-state index contributed by atoms with van der Waals surface area (Å²) in [6.07, 6.45) is -0.759. The number of carbonyl (C=O) groups excluding carboxylic acids is 1. The van der Waals surface area contributed by atoms with E-state index in [0.29, 0.717) is 11.3 Å². The molecule has 128 valence electrons. The molecule has 2 N–H and O–H groups in total. The number of carbonyl (C=O) groups is 1. The van der Waals surface area contributed by atoms with E-state index in [1.54, 1.807) is 6.07 Å². The highest BCUT2D eigenvalue weighted by molar-refractivity contribution is 5.95. The van der Waals surface area contributed by atoms with Crippen LogP contribution in [0.4, 0.5) is 24.5 Å². The molecule has 24 heavy (non-hydrogen) atoms. The first kappa shape index (κ1) is 17.8. The van der Waals surface area contributed by atoms with Crippen molar-refractivity contribution in [3.63, 3.8) is 0 Å². The molecular weight excluding hydrogens is 319 g/mol. The summed E-state index contributed by atoms with van der Waals surface area (Å²) in [6.45, 7) is 3.84. The average molecular weight is 337 g/mol. The van der Waals surface area contributed by atoms with Crippen molar-refractivity contribution in [3.05, 3.63) is 53.9 Å². The number of nitrogens with zero attached hydrogens (tertiary/aromatic N) is 1. The summed E-state index contributed by atoms with van der Waals surface area (Å²) in [7, 11) is 0. The van der Waals surface area contributed by atoms with Gasteiger partial charge >= 0.3 is 6.18 Å². The maximum Gasteiger partial charge on any atom is 0.416 e. The van der Waals surface area contributed by atoms with E-state index in [1.807, 2.05) is 13.8 Å². The van der Waals surface area contributed by atoms with Gasteiger partial charge in [0, 0.05) is 17.9 Å². The Morgan fingerprint density at radius 3 is 2.62 bits per heavy atom. The Hall–Kier alpha value is -2.57. The first-order chi connectivity index (χ1) is 11.3. The summed E-state index contributed by atoms with van der Waals surface area (Å²) in [5.74, 6) is -0.274. The number of aromatic nitrogens is 1. The summed E-state index contributed by atoms with van der Waals surface area (Å²) < 4.78 is 38.2. The number of amides is 1. The molecule has 1 heterocycles. The van der Waals surface area contributed by atoms with Crippen LogP contribution in [0.5, 0.6) is 0 Å². The average Bonchev–Trinajstić information content (AvgIpc) is 2.54. The van der Waals surface area contributed by atoms with Gasteiger partial charge in [0.25, 0.3) is 5.91 Å². The molecule has 0 aliphatic heterocycles. The molecule has 0 fully saturated rings. The normalized spacial score (nSPS) is 12.5. The van der Waals surface area contributed by atoms with Crippen LogP contribution in [-0.2, 0) is 6.18 Å². The standard InChI is InChI=1S/C17H18F3N3O/c1-3-11(2)22-16(24)12-7-15(10-21-9-12)23-14-6-4-5-13(8-14)17(18,19)20/h4-11,23H,3H2,1-2H3,(H,22,24). The minimum absolute atomic E-state index is 0.0255. The molecule has 2 rings (SSSR count). The maximum absolute atomic E-state index is 12.7. The molecule has 0 radical (unpaired) electrons. The van der Waals surface area contributed by atoms with Crippen molar-refractivity contribution >= 4 is 17.3 Å². The third-order valence-corrected chi connectivity index (χ3v) is 3.47. The lowest BCUT2D eigenvalue weighted by Gasteiger charge is -2.13. The van der Waals surface area contributed by atoms with Gasteiger partial charge in [0.1, 0.15) is 0 Å². The predicted octanol–water partition coefficient (Wildman–Crippen LogP) is 4.37. The number of rotatable bonds is 5. The van der Waals surface area contributed by atoms with Crippen LogP contribution in [0.2, 0.25) is 0 Å². The number of alkyl halides is 3. The van der Waals surface area contributed by atoms with Crippen molar-refractivity contribution in [2.24, 2.45) is 0 Å². The molecule has 0 saturated heterocycles. The second kappa shape index (κ2) is 7.33. The smallest absolute Gasteiger partial charge is 0.354 e. The Morgan fingerprint density at radius 2 is 1.96 bits per heavy atom. The fourth-order valence-electron chi connectivity index (χ4n) is 1.98. The van der Waals surface area contributed by atoms with E-state index in [0.717, 1.165) is 18.6 Å². The highest BCUT2D eigenvalue weighted by Crippen LogP contribution is 2.31. The fourth-order valence-corrected chi connectivity index (χ4v) is 1.98. The van der Waals surface area contributed by atoms with Gasteiger partial charge in [0.05, 0.1) is 23.0 Å². The van der Waals surface area contributed by atoms with Gasteiger partial charge in [-0.1, -0.05) is 13.0 Å². The largest absolute Gasteiger partial charge is 0.416 e. The number of benzene rings is 1. The van der Waals surface area contributed by atoms with E-state index in [-0.39, 0.29) is 17.6 Å². The molecule has 0 bridgehead atoms. The number of anilines is 2. The van der Waals surface area contributed by atoms with Crippen molar-refractivity contribution in [2.45, 2.75) is 32.5 Å². The van der Waals surface area contributed by atoms with E-state index in [4.69, 9.17) is 0 Å². The number of pyridine rings is 1. The first-order valence-corrected chi connectivity index (χ1v) is 7.49. The van der Waals surface area contributed by atoms with Gasteiger partial charge < -0.3 is 10.6 Å². The van der Waals surface area contributed by atoms with Gasteiger partial charge in [-0.05, 0) is 37.6 Å². The number of hydrogen-bond donors (Lipinski definition) is 2.